The van der Waals surface area contributed by atoms with E-state index in [2.05, 4.69) is 9.88 Å². The molecule has 0 atom stereocenters. The Morgan fingerprint density at radius 1 is 1.18 bits per heavy atom. The number of aromatic nitrogens is 1. The average molecular weight is 343 g/mol. The number of rotatable bonds is 9. The molecule has 0 aliphatic rings. The zero-order chi connectivity index (χ0) is 15.9. The van der Waals surface area contributed by atoms with Crippen LogP contribution in [0.5, 0.6) is 5.75 Å². The zero-order valence-electron chi connectivity index (χ0n) is 12.3. The minimum Gasteiger partial charge on any atom is -0.508 e. The molecule has 0 saturated carbocycles. The number of nitrogens with one attached hydrogen (secondary N) is 1. The Bertz CT molecular complexity index is 622. The van der Waals surface area contributed by atoms with Crippen LogP contribution in [-0.2, 0) is 0 Å². The van der Waals surface area contributed by atoms with Crippen molar-refractivity contribution < 1.29 is 9.90 Å². The average Bonchev–Trinajstić information content (AvgIpc) is 2.90. The predicted octanol–water partition coefficient (Wildman–Crippen LogP) is 3.62. The van der Waals surface area contributed by atoms with Gasteiger partial charge in [-0.15, -0.1) is 23.2 Å². The molecule has 2 aromatic rings. The van der Waals surface area contributed by atoms with E-state index >= 15 is 0 Å². The molecule has 22 heavy (non-hydrogen) atoms. The summed E-state index contributed by atoms with van der Waals surface area (Å²) in [5.74, 6) is 1.36. The van der Waals surface area contributed by atoms with Crippen LogP contribution in [-0.4, -0.2) is 52.2 Å². The molecule has 0 spiro atoms. The number of aromatic amines is 1. The molecule has 2 N–H and O–H groups in total. The number of aromatic hydroxyl groups is 1. The second-order valence-electron chi connectivity index (χ2n) is 5.18. The molecule has 0 aliphatic carbocycles. The number of H-pyrrole nitrogens is 1. The molecule has 6 heteroatoms. The van der Waals surface area contributed by atoms with Crippen molar-refractivity contribution in [2.24, 2.45) is 0 Å². The van der Waals surface area contributed by atoms with Crippen molar-refractivity contribution in [1.29, 1.82) is 0 Å². The molecule has 1 aromatic carbocycles. The topological polar surface area (TPSA) is 56.3 Å². The molecule has 1 aromatic heterocycles. The van der Waals surface area contributed by atoms with E-state index in [0.29, 0.717) is 23.7 Å². The highest BCUT2D eigenvalue weighted by Gasteiger charge is 2.13. The van der Waals surface area contributed by atoms with Crippen LogP contribution in [0.3, 0.4) is 0 Å². The van der Waals surface area contributed by atoms with Crippen LogP contribution in [0.4, 0.5) is 0 Å². The molecule has 2 rings (SSSR count). The predicted molar refractivity (Wildman–Crippen MR) is 91.4 cm³/mol. The Kier molecular flexibility index (Phi) is 6.55. The first-order valence-corrected chi connectivity index (χ1v) is 8.40. The molecule has 4 nitrogen and oxygen atoms in total. The van der Waals surface area contributed by atoms with Crippen LogP contribution in [0.1, 0.15) is 23.2 Å². The van der Waals surface area contributed by atoms with Crippen molar-refractivity contribution in [2.75, 3.05) is 31.4 Å². The first-order valence-electron chi connectivity index (χ1n) is 7.33. The van der Waals surface area contributed by atoms with Crippen LogP contribution < -0.4 is 0 Å². The van der Waals surface area contributed by atoms with Gasteiger partial charge in [0.15, 0.2) is 5.78 Å². The summed E-state index contributed by atoms with van der Waals surface area (Å²) in [6.07, 6.45) is 2.93. The Morgan fingerprint density at radius 3 is 2.59 bits per heavy atom. The molecular formula is C16H20Cl2N2O2. The fraction of sp³-hybridized carbons (Fsp3) is 0.438. The van der Waals surface area contributed by atoms with Gasteiger partial charge < -0.3 is 15.0 Å². The number of Topliss-reactive ketones (excluding diaryl/α,β-unsaturated/α-hetero) is 1. The Labute approximate surface area is 140 Å². The highest BCUT2D eigenvalue weighted by molar-refractivity contribution is 6.18. The van der Waals surface area contributed by atoms with Gasteiger partial charge in [0.2, 0.25) is 0 Å². The van der Waals surface area contributed by atoms with Gasteiger partial charge in [-0.05, 0) is 31.2 Å². The second kappa shape index (κ2) is 8.42. The number of benzene rings is 1. The number of halogens is 2. The zero-order valence-corrected chi connectivity index (χ0v) is 13.8. The summed E-state index contributed by atoms with van der Waals surface area (Å²) in [6.45, 7) is 2.37. The number of carbonyl (C=O) groups is 1. The summed E-state index contributed by atoms with van der Waals surface area (Å²) < 4.78 is 0. The fourth-order valence-corrected chi connectivity index (χ4v) is 2.99. The van der Waals surface area contributed by atoms with Gasteiger partial charge in [-0.3, -0.25) is 4.79 Å². The molecule has 0 aliphatic heterocycles. The monoisotopic (exact) mass is 342 g/mol. The van der Waals surface area contributed by atoms with Crippen LogP contribution in [0.2, 0.25) is 0 Å². The summed E-state index contributed by atoms with van der Waals surface area (Å²) in [6, 6.07) is 4.99. The number of hydrogen-bond acceptors (Lipinski definition) is 3. The number of fused-ring (bicyclic) bond motifs is 1. The molecule has 1 heterocycles. The largest absolute Gasteiger partial charge is 0.508 e. The third kappa shape index (κ3) is 4.38. The van der Waals surface area contributed by atoms with Gasteiger partial charge in [0, 0.05) is 53.9 Å². The van der Waals surface area contributed by atoms with E-state index in [4.69, 9.17) is 23.2 Å². The van der Waals surface area contributed by atoms with Gasteiger partial charge in [-0.25, -0.2) is 0 Å². The number of nitrogens with zero attached hydrogens (tertiary/aromatic N) is 1. The molecule has 0 unspecified atom stereocenters. The van der Waals surface area contributed by atoms with E-state index in [9.17, 15) is 9.90 Å². The maximum Gasteiger partial charge on any atom is 0.165 e. The fourth-order valence-electron chi connectivity index (χ4n) is 2.51. The van der Waals surface area contributed by atoms with Gasteiger partial charge in [0.25, 0.3) is 0 Å². The number of phenols is 1. The first kappa shape index (κ1) is 17.1. The van der Waals surface area contributed by atoms with Crippen molar-refractivity contribution in [2.45, 2.75) is 12.8 Å². The van der Waals surface area contributed by atoms with Crippen LogP contribution in [0.15, 0.2) is 24.4 Å². The molecular weight excluding hydrogens is 323 g/mol. The molecule has 120 valence electrons. The summed E-state index contributed by atoms with van der Waals surface area (Å²) >= 11 is 11.5. The van der Waals surface area contributed by atoms with Crippen molar-refractivity contribution >= 4 is 39.9 Å². The quantitative estimate of drug-likeness (QED) is 0.540. The Hall–Kier alpha value is -1.23. The minimum atomic E-state index is 0.0774. The third-order valence-electron chi connectivity index (χ3n) is 3.65. The SMILES string of the molecule is O=C(CCCN(CCCl)CCCl)c1c[nH]c2ccc(O)cc12. The van der Waals surface area contributed by atoms with Crippen LogP contribution in [0.25, 0.3) is 10.9 Å². The lowest BCUT2D eigenvalue weighted by atomic mass is 10.1. The molecule has 0 radical (unpaired) electrons. The highest BCUT2D eigenvalue weighted by Crippen LogP contribution is 2.24. The van der Waals surface area contributed by atoms with E-state index in [-0.39, 0.29) is 11.5 Å². The normalized spacial score (nSPS) is 11.4. The lowest BCUT2D eigenvalue weighted by Gasteiger charge is -2.19. The maximum absolute atomic E-state index is 12.4. The number of ketones is 1. The van der Waals surface area contributed by atoms with Gasteiger partial charge in [0.1, 0.15) is 5.75 Å². The van der Waals surface area contributed by atoms with Gasteiger partial charge >= 0.3 is 0 Å². The van der Waals surface area contributed by atoms with Crippen LogP contribution in [0, 0.1) is 0 Å². The number of carbonyl (C=O) groups excluding carboxylic acids is 1. The van der Waals surface area contributed by atoms with E-state index < -0.39 is 0 Å². The molecule has 0 bridgehead atoms. The maximum atomic E-state index is 12.4. The van der Waals surface area contributed by atoms with E-state index in [1.165, 1.54) is 0 Å². The van der Waals surface area contributed by atoms with Crippen molar-refractivity contribution in [3.8, 4) is 5.75 Å². The number of hydrogen-bond donors (Lipinski definition) is 2. The lowest BCUT2D eigenvalue weighted by molar-refractivity contribution is 0.0977. The first-order chi connectivity index (χ1) is 10.7. The summed E-state index contributed by atoms with van der Waals surface area (Å²) in [4.78, 5) is 17.6. The van der Waals surface area contributed by atoms with E-state index in [0.717, 1.165) is 37.0 Å². The molecule has 0 fully saturated rings. The molecule has 0 amide bonds. The Morgan fingerprint density at radius 2 is 1.91 bits per heavy atom. The minimum absolute atomic E-state index is 0.0774. The smallest absolute Gasteiger partial charge is 0.165 e. The summed E-state index contributed by atoms with van der Waals surface area (Å²) in [5, 5.41) is 10.3. The lowest BCUT2D eigenvalue weighted by Crippen LogP contribution is -2.29. The van der Waals surface area contributed by atoms with Gasteiger partial charge in [-0.2, -0.15) is 0 Å². The standard InChI is InChI=1S/C16H20Cl2N2O2/c17-5-8-20(9-6-18)7-1-2-16(22)14-11-19-15-4-3-12(21)10-13(14)15/h3-4,10-11,19,21H,1-2,5-9H2. The highest BCUT2D eigenvalue weighted by atomic mass is 35.5. The summed E-state index contributed by atoms with van der Waals surface area (Å²) in [7, 11) is 0. The number of phenolic OH excluding ortho intramolecular Hbond substituents is 1. The third-order valence-corrected chi connectivity index (χ3v) is 3.98. The van der Waals surface area contributed by atoms with Crippen molar-refractivity contribution in [3.05, 3.63) is 30.0 Å². The van der Waals surface area contributed by atoms with E-state index in [1.54, 1.807) is 24.4 Å². The summed E-state index contributed by atoms with van der Waals surface area (Å²) in [5.41, 5.74) is 1.49. The molecule has 0 saturated heterocycles. The van der Waals surface area contributed by atoms with E-state index in [1.807, 2.05) is 0 Å². The van der Waals surface area contributed by atoms with Gasteiger partial charge in [-0.1, -0.05) is 0 Å². The van der Waals surface area contributed by atoms with Crippen LogP contribution >= 0.6 is 23.2 Å². The second-order valence-corrected chi connectivity index (χ2v) is 5.93. The number of alkyl halides is 2. The Balaban J connectivity index is 1.95. The van der Waals surface area contributed by atoms with Gasteiger partial charge in [0.05, 0.1) is 0 Å². The van der Waals surface area contributed by atoms with Crippen molar-refractivity contribution in [1.82, 2.24) is 9.88 Å². The van der Waals surface area contributed by atoms with Crippen molar-refractivity contribution in [3.63, 3.8) is 0 Å².